The molecule has 2 aromatic rings. The summed E-state index contributed by atoms with van der Waals surface area (Å²) in [6.45, 7) is 4.90. The molecule has 1 aromatic heterocycles. The van der Waals surface area contributed by atoms with Crippen LogP contribution in [0.5, 0.6) is 0 Å². The number of pyridine rings is 1. The second kappa shape index (κ2) is 5.38. The first-order valence-corrected chi connectivity index (χ1v) is 7.41. The minimum absolute atomic E-state index is 0.229. The summed E-state index contributed by atoms with van der Waals surface area (Å²) in [4.78, 5) is 6.78. The van der Waals surface area contributed by atoms with Gasteiger partial charge in [0.05, 0.1) is 22.3 Å². The van der Waals surface area contributed by atoms with E-state index >= 15 is 0 Å². The van der Waals surface area contributed by atoms with Crippen molar-refractivity contribution in [2.45, 2.75) is 26.3 Å². The fourth-order valence-corrected chi connectivity index (χ4v) is 3.20. The summed E-state index contributed by atoms with van der Waals surface area (Å²) in [5, 5.41) is 9.61. The highest BCUT2D eigenvalue weighted by Crippen LogP contribution is 2.36. The Balaban J connectivity index is 2.03. The summed E-state index contributed by atoms with van der Waals surface area (Å²) in [7, 11) is 0. The van der Waals surface area contributed by atoms with Gasteiger partial charge in [0.25, 0.3) is 0 Å². The van der Waals surface area contributed by atoms with Crippen LogP contribution in [0.25, 0.3) is 0 Å². The molecular formula is C17H16ClN3. The van der Waals surface area contributed by atoms with Gasteiger partial charge in [0, 0.05) is 6.54 Å². The van der Waals surface area contributed by atoms with Crippen molar-refractivity contribution in [1.82, 2.24) is 4.98 Å². The number of anilines is 1. The second-order valence-corrected chi connectivity index (χ2v) is 5.76. The van der Waals surface area contributed by atoms with Crippen molar-refractivity contribution in [3.8, 4) is 6.07 Å². The van der Waals surface area contributed by atoms with E-state index in [0.29, 0.717) is 10.6 Å². The number of aromatic nitrogens is 1. The predicted molar refractivity (Wildman–Crippen MR) is 84.6 cm³/mol. The largest absolute Gasteiger partial charge is 0.348 e. The standard InChI is InChI=1S/C17H16ClN3/c1-11-14(10-19)9-16(18)17(20-11)21-8-7-13-5-3-4-6-15(13)12(21)2/h3-6,9,12H,7-8H2,1-2H3. The lowest BCUT2D eigenvalue weighted by Crippen LogP contribution is -2.34. The van der Waals surface area contributed by atoms with Crippen LogP contribution < -0.4 is 4.90 Å². The van der Waals surface area contributed by atoms with Crippen LogP contribution in [0, 0.1) is 18.3 Å². The molecule has 21 heavy (non-hydrogen) atoms. The molecular weight excluding hydrogens is 282 g/mol. The summed E-state index contributed by atoms with van der Waals surface area (Å²) in [5.74, 6) is 0.773. The van der Waals surface area contributed by atoms with Crippen LogP contribution >= 0.6 is 11.6 Å². The molecule has 0 spiro atoms. The summed E-state index contributed by atoms with van der Waals surface area (Å²) < 4.78 is 0. The van der Waals surface area contributed by atoms with Crippen LogP contribution in [-0.2, 0) is 6.42 Å². The van der Waals surface area contributed by atoms with Crippen molar-refractivity contribution in [3.63, 3.8) is 0 Å². The Morgan fingerprint density at radius 3 is 2.90 bits per heavy atom. The summed E-state index contributed by atoms with van der Waals surface area (Å²) >= 11 is 6.35. The average molecular weight is 298 g/mol. The van der Waals surface area contributed by atoms with E-state index in [4.69, 9.17) is 16.9 Å². The van der Waals surface area contributed by atoms with Crippen LogP contribution in [0.4, 0.5) is 5.82 Å². The number of aryl methyl sites for hydroxylation is 1. The van der Waals surface area contributed by atoms with Crippen LogP contribution in [0.15, 0.2) is 30.3 Å². The summed E-state index contributed by atoms with van der Waals surface area (Å²) in [6, 6.07) is 12.6. The monoisotopic (exact) mass is 297 g/mol. The van der Waals surface area contributed by atoms with Crippen LogP contribution in [0.1, 0.15) is 35.3 Å². The molecule has 0 fully saturated rings. The highest BCUT2D eigenvalue weighted by molar-refractivity contribution is 6.33. The van der Waals surface area contributed by atoms with E-state index in [9.17, 15) is 0 Å². The van der Waals surface area contributed by atoms with Crippen molar-refractivity contribution in [3.05, 3.63) is 57.7 Å². The van der Waals surface area contributed by atoms with Gasteiger partial charge in [-0.15, -0.1) is 0 Å². The zero-order chi connectivity index (χ0) is 15.0. The number of rotatable bonds is 1. The first-order valence-electron chi connectivity index (χ1n) is 7.03. The van der Waals surface area contributed by atoms with Gasteiger partial charge in [0.1, 0.15) is 11.9 Å². The molecule has 0 saturated heterocycles. The number of fused-ring (bicyclic) bond motifs is 1. The Bertz CT molecular complexity index is 733. The van der Waals surface area contributed by atoms with Crippen molar-refractivity contribution in [2.24, 2.45) is 0 Å². The highest BCUT2D eigenvalue weighted by atomic mass is 35.5. The molecule has 2 heterocycles. The van der Waals surface area contributed by atoms with Crippen molar-refractivity contribution >= 4 is 17.4 Å². The van der Waals surface area contributed by atoms with E-state index in [-0.39, 0.29) is 6.04 Å². The number of nitriles is 1. The third kappa shape index (κ3) is 2.36. The maximum atomic E-state index is 9.06. The van der Waals surface area contributed by atoms with Gasteiger partial charge in [-0.1, -0.05) is 35.9 Å². The van der Waals surface area contributed by atoms with Gasteiger partial charge in [0.2, 0.25) is 0 Å². The molecule has 0 aliphatic carbocycles. The lowest BCUT2D eigenvalue weighted by Gasteiger charge is -2.36. The Morgan fingerprint density at radius 1 is 1.38 bits per heavy atom. The molecule has 0 saturated carbocycles. The molecule has 1 aliphatic rings. The first-order chi connectivity index (χ1) is 10.1. The topological polar surface area (TPSA) is 39.9 Å². The fourth-order valence-electron chi connectivity index (χ4n) is 2.94. The van der Waals surface area contributed by atoms with Crippen molar-refractivity contribution in [2.75, 3.05) is 11.4 Å². The number of hydrogen-bond donors (Lipinski definition) is 0. The van der Waals surface area contributed by atoms with Gasteiger partial charge in [0.15, 0.2) is 0 Å². The van der Waals surface area contributed by atoms with Crippen molar-refractivity contribution in [1.29, 1.82) is 5.26 Å². The van der Waals surface area contributed by atoms with Gasteiger partial charge in [-0.05, 0) is 37.5 Å². The molecule has 1 unspecified atom stereocenters. The third-order valence-corrected chi connectivity index (χ3v) is 4.41. The summed E-state index contributed by atoms with van der Waals surface area (Å²) in [6.07, 6.45) is 0.984. The van der Waals surface area contributed by atoms with Gasteiger partial charge in [-0.3, -0.25) is 0 Å². The van der Waals surface area contributed by atoms with Gasteiger partial charge in [-0.2, -0.15) is 5.26 Å². The Labute approximate surface area is 129 Å². The third-order valence-electron chi connectivity index (χ3n) is 4.14. The number of hydrogen-bond acceptors (Lipinski definition) is 3. The zero-order valence-electron chi connectivity index (χ0n) is 12.1. The second-order valence-electron chi connectivity index (χ2n) is 5.36. The lowest BCUT2D eigenvalue weighted by molar-refractivity contribution is 0.616. The molecule has 0 bridgehead atoms. The van der Waals surface area contributed by atoms with Crippen LogP contribution in [-0.4, -0.2) is 11.5 Å². The van der Waals surface area contributed by atoms with Crippen molar-refractivity contribution < 1.29 is 0 Å². The van der Waals surface area contributed by atoms with E-state index in [1.807, 2.05) is 6.92 Å². The zero-order valence-corrected chi connectivity index (χ0v) is 12.9. The highest BCUT2D eigenvalue weighted by Gasteiger charge is 2.26. The maximum Gasteiger partial charge on any atom is 0.148 e. The SMILES string of the molecule is Cc1nc(N2CCc3ccccc3C2C)c(Cl)cc1C#N. The molecule has 4 heteroatoms. The van der Waals surface area contributed by atoms with E-state index < -0.39 is 0 Å². The first kappa shape index (κ1) is 13.9. The quantitative estimate of drug-likeness (QED) is 0.797. The normalized spacial score (nSPS) is 17.2. The Hall–Kier alpha value is -2.05. The number of halogens is 1. The van der Waals surface area contributed by atoms with Gasteiger partial charge >= 0.3 is 0 Å². The molecule has 0 amide bonds. The molecule has 3 rings (SSSR count). The molecule has 1 atom stereocenters. The van der Waals surface area contributed by atoms with E-state index in [1.54, 1.807) is 6.07 Å². The Kier molecular flexibility index (Phi) is 3.57. The minimum Gasteiger partial charge on any atom is -0.348 e. The summed E-state index contributed by atoms with van der Waals surface area (Å²) in [5.41, 5.74) is 3.98. The smallest absolute Gasteiger partial charge is 0.148 e. The average Bonchev–Trinajstić information content (AvgIpc) is 2.50. The molecule has 0 radical (unpaired) electrons. The van der Waals surface area contributed by atoms with Crippen LogP contribution in [0.2, 0.25) is 5.02 Å². The molecule has 0 N–H and O–H groups in total. The predicted octanol–water partition coefficient (Wildman–Crippen LogP) is 4.04. The Morgan fingerprint density at radius 2 is 2.14 bits per heavy atom. The maximum absolute atomic E-state index is 9.06. The molecule has 1 aromatic carbocycles. The van der Waals surface area contributed by atoms with Gasteiger partial charge < -0.3 is 4.90 Å². The lowest BCUT2D eigenvalue weighted by atomic mass is 9.93. The molecule has 3 nitrogen and oxygen atoms in total. The fraction of sp³-hybridized carbons (Fsp3) is 0.294. The van der Waals surface area contributed by atoms with E-state index in [1.165, 1.54) is 11.1 Å². The molecule has 106 valence electrons. The number of nitrogens with zero attached hydrogens (tertiary/aromatic N) is 3. The minimum atomic E-state index is 0.229. The molecule has 1 aliphatic heterocycles. The number of benzene rings is 1. The van der Waals surface area contributed by atoms with E-state index in [2.05, 4.69) is 47.1 Å². The van der Waals surface area contributed by atoms with E-state index in [0.717, 1.165) is 24.5 Å². The van der Waals surface area contributed by atoms with Gasteiger partial charge in [-0.25, -0.2) is 4.98 Å². The van der Waals surface area contributed by atoms with Crippen LogP contribution in [0.3, 0.4) is 0 Å².